The first kappa shape index (κ1) is 34.5. The van der Waals surface area contributed by atoms with Gasteiger partial charge in [-0.1, -0.05) is 72.8 Å². The number of benzene rings is 3. The van der Waals surface area contributed by atoms with Crippen molar-refractivity contribution in [2.45, 2.75) is 6.10 Å². The van der Waals surface area contributed by atoms with Crippen LogP contribution in [0.3, 0.4) is 0 Å². The van der Waals surface area contributed by atoms with Crippen LogP contribution in [0.15, 0.2) is 94.5 Å². The number of likely N-dealkylation sites (N-methyl/N-ethyl adjacent to an activating group) is 1. The molecule has 0 bridgehead atoms. The molecule has 0 aliphatic carbocycles. The highest BCUT2D eigenvalue weighted by Crippen LogP contribution is 2.25. The third-order valence-electron chi connectivity index (χ3n) is 6.48. The van der Waals surface area contributed by atoms with E-state index in [1.807, 2.05) is 12.1 Å². The Hall–Kier alpha value is -5.04. The molecule has 2 heterocycles. The van der Waals surface area contributed by atoms with Crippen molar-refractivity contribution < 1.29 is 24.5 Å². The molecule has 13 heteroatoms. The summed E-state index contributed by atoms with van der Waals surface area (Å²) in [6, 6.07) is 26.2. The number of rotatable bonds is 8. The number of aromatic nitrogens is 4. The quantitative estimate of drug-likeness (QED) is 0.214. The maximum atomic E-state index is 11.5. The lowest BCUT2D eigenvalue weighted by Crippen LogP contribution is -2.36. The summed E-state index contributed by atoms with van der Waals surface area (Å²) in [4.78, 5) is 52.5. The van der Waals surface area contributed by atoms with Crippen LogP contribution >= 0.6 is 11.6 Å². The minimum absolute atomic E-state index is 0.0161. The number of nitrogens with zero attached hydrogens (tertiary/aromatic N) is 4. The zero-order chi connectivity index (χ0) is 33.1. The topological polar surface area (TPSA) is 160 Å². The molecule has 3 aromatic carbocycles. The molecule has 0 aliphatic heterocycles. The summed E-state index contributed by atoms with van der Waals surface area (Å²) < 4.78 is 8.34. The fraction of sp³-hybridized carbons (Fsp3) is 0.219. The summed E-state index contributed by atoms with van der Waals surface area (Å²) in [5.74, 6) is -2.46. The van der Waals surface area contributed by atoms with E-state index in [2.05, 4.69) is 77.5 Å². The van der Waals surface area contributed by atoms with E-state index in [1.54, 1.807) is 0 Å². The van der Waals surface area contributed by atoms with Crippen LogP contribution in [0.2, 0.25) is 5.28 Å². The van der Waals surface area contributed by atoms with E-state index in [4.69, 9.17) is 26.6 Å². The van der Waals surface area contributed by atoms with E-state index >= 15 is 0 Å². The largest absolute Gasteiger partial charge is 0.478 e. The number of nitrogens with one attached hydrogen (secondary N) is 1. The van der Waals surface area contributed by atoms with Crippen LogP contribution in [0, 0.1) is 0 Å². The van der Waals surface area contributed by atoms with Crippen molar-refractivity contribution in [3.8, 4) is 0 Å². The van der Waals surface area contributed by atoms with E-state index in [0.717, 1.165) is 17.7 Å². The van der Waals surface area contributed by atoms with Gasteiger partial charge >= 0.3 is 17.6 Å². The van der Waals surface area contributed by atoms with Gasteiger partial charge in [-0.05, 0) is 49.0 Å². The van der Waals surface area contributed by atoms with Crippen molar-refractivity contribution in [1.82, 2.24) is 24.0 Å². The van der Waals surface area contributed by atoms with Gasteiger partial charge in [-0.3, -0.25) is 13.9 Å². The molecule has 236 valence electrons. The molecule has 3 N–H and O–H groups in total. The minimum Gasteiger partial charge on any atom is -0.478 e. The van der Waals surface area contributed by atoms with Crippen LogP contribution < -0.4 is 11.2 Å². The van der Waals surface area contributed by atoms with E-state index in [9.17, 15) is 19.2 Å². The van der Waals surface area contributed by atoms with Gasteiger partial charge in [-0.2, -0.15) is 4.98 Å². The number of fused-ring (bicyclic) bond motifs is 1. The van der Waals surface area contributed by atoms with Gasteiger partial charge in [0.2, 0.25) is 5.28 Å². The molecule has 0 saturated heterocycles. The van der Waals surface area contributed by atoms with Crippen LogP contribution in [-0.4, -0.2) is 73.4 Å². The molecule has 45 heavy (non-hydrogen) atoms. The number of aryl methyl sites for hydroxylation is 1. The monoisotopic (exact) mass is 635 g/mol. The summed E-state index contributed by atoms with van der Waals surface area (Å²) in [5, 5.41) is 17.2. The second-order valence-corrected chi connectivity index (χ2v) is 10.3. The Bertz CT molecular complexity index is 1780. The second-order valence-electron chi connectivity index (χ2n) is 9.96. The summed E-state index contributed by atoms with van der Waals surface area (Å²) in [6.45, 7) is 1.65. The van der Waals surface area contributed by atoms with Gasteiger partial charge in [0, 0.05) is 20.6 Å². The SMILES string of the molecule is CN(C)CCOC(c1ccccc1)c1ccccc1.Cn1c(=O)c2[nH]c(Cl)nc2n(C)c1=O.O=C(O)c1ccccc1C(=O)O. The molecule has 0 unspecified atom stereocenters. The third-order valence-corrected chi connectivity index (χ3v) is 6.66. The summed E-state index contributed by atoms with van der Waals surface area (Å²) in [5.41, 5.74) is 1.67. The Morgan fingerprint density at radius 3 is 1.76 bits per heavy atom. The number of carbonyl (C=O) groups is 2. The Kier molecular flexibility index (Phi) is 12.4. The molecule has 0 radical (unpaired) electrons. The molecular formula is C32H34ClN5O7. The van der Waals surface area contributed by atoms with Gasteiger partial charge in [-0.15, -0.1) is 0 Å². The Morgan fingerprint density at radius 2 is 1.31 bits per heavy atom. The molecule has 0 aliphatic rings. The van der Waals surface area contributed by atoms with Crippen molar-refractivity contribution >= 4 is 34.7 Å². The first-order chi connectivity index (χ1) is 21.4. The predicted octanol–water partition coefficient (Wildman–Crippen LogP) is 4.05. The van der Waals surface area contributed by atoms with Crippen LogP contribution in [0.1, 0.15) is 37.9 Å². The van der Waals surface area contributed by atoms with Gasteiger partial charge < -0.3 is 24.8 Å². The number of halogens is 1. The molecule has 0 atom stereocenters. The van der Waals surface area contributed by atoms with E-state index in [0.29, 0.717) is 0 Å². The van der Waals surface area contributed by atoms with Crippen LogP contribution in [-0.2, 0) is 18.8 Å². The molecule has 0 spiro atoms. The molecule has 0 fully saturated rings. The average Bonchev–Trinajstić information content (AvgIpc) is 3.44. The zero-order valence-electron chi connectivity index (χ0n) is 25.2. The number of H-pyrrole nitrogens is 1. The van der Waals surface area contributed by atoms with Crippen molar-refractivity contribution in [2.24, 2.45) is 14.1 Å². The molecule has 0 saturated carbocycles. The van der Waals surface area contributed by atoms with Gasteiger partial charge in [-0.25, -0.2) is 14.4 Å². The van der Waals surface area contributed by atoms with Crippen LogP contribution in [0.5, 0.6) is 0 Å². The predicted molar refractivity (Wildman–Crippen MR) is 171 cm³/mol. The molecule has 2 aromatic heterocycles. The Morgan fingerprint density at radius 1 is 0.844 bits per heavy atom. The Labute approximate surface area is 263 Å². The first-order valence-corrected chi connectivity index (χ1v) is 14.0. The maximum absolute atomic E-state index is 11.5. The number of aromatic amines is 1. The number of ether oxygens (including phenoxy) is 1. The number of hydrogen-bond donors (Lipinski definition) is 3. The smallest absolute Gasteiger partial charge is 0.336 e. The highest BCUT2D eigenvalue weighted by molar-refractivity contribution is 6.29. The average molecular weight is 636 g/mol. The van der Waals surface area contributed by atoms with Gasteiger partial charge in [0.05, 0.1) is 17.7 Å². The summed E-state index contributed by atoms with van der Waals surface area (Å²) in [7, 11) is 7.05. The molecular weight excluding hydrogens is 602 g/mol. The first-order valence-electron chi connectivity index (χ1n) is 13.6. The normalized spacial score (nSPS) is 10.6. The fourth-order valence-corrected chi connectivity index (χ4v) is 4.32. The van der Waals surface area contributed by atoms with Gasteiger partial charge in [0.15, 0.2) is 11.2 Å². The standard InChI is InChI=1S/C17H21NO.C8H6O4.C7H7ClN4O2/c1-18(2)13-14-19-17(15-9-5-3-6-10-15)16-11-7-4-8-12-16;9-7(10)5-3-1-2-4-6(5)8(11)12;1-11-4-3(9-6(8)10-4)5(13)12(2)7(11)14/h3-12,17H,13-14H2,1-2H3;1-4H,(H,9,10)(H,11,12);1-2H3,(H,9,10). The fourth-order valence-electron chi connectivity index (χ4n) is 4.15. The minimum atomic E-state index is -1.23. The highest BCUT2D eigenvalue weighted by Gasteiger charge is 2.15. The highest BCUT2D eigenvalue weighted by atomic mass is 35.5. The lowest BCUT2D eigenvalue weighted by Gasteiger charge is -2.20. The molecule has 12 nitrogen and oxygen atoms in total. The number of aromatic carboxylic acids is 2. The lowest BCUT2D eigenvalue weighted by atomic mass is 10.0. The molecule has 5 rings (SSSR count). The number of carboxylic acids is 2. The number of imidazole rings is 1. The molecule has 0 amide bonds. The van der Waals surface area contributed by atoms with Crippen molar-refractivity contribution in [2.75, 3.05) is 27.2 Å². The van der Waals surface area contributed by atoms with Crippen molar-refractivity contribution in [3.63, 3.8) is 0 Å². The van der Waals surface area contributed by atoms with Gasteiger partial charge in [0.1, 0.15) is 6.10 Å². The molecule has 5 aromatic rings. The maximum Gasteiger partial charge on any atom is 0.336 e. The van der Waals surface area contributed by atoms with Crippen molar-refractivity contribution in [3.05, 3.63) is 133 Å². The summed E-state index contributed by atoms with van der Waals surface area (Å²) >= 11 is 5.60. The van der Waals surface area contributed by atoms with Crippen LogP contribution in [0.25, 0.3) is 11.2 Å². The summed E-state index contributed by atoms with van der Waals surface area (Å²) in [6.07, 6.45) is 0.0161. The lowest BCUT2D eigenvalue weighted by molar-refractivity contribution is 0.0651. The van der Waals surface area contributed by atoms with Crippen LogP contribution in [0.4, 0.5) is 0 Å². The van der Waals surface area contributed by atoms with Crippen molar-refractivity contribution in [1.29, 1.82) is 0 Å². The zero-order valence-corrected chi connectivity index (χ0v) is 25.9. The number of carboxylic acid groups (broad SMARTS) is 2. The third kappa shape index (κ3) is 9.22. The van der Waals surface area contributed by atoms with E-state index in [-0.39, 0.29) is 33.7 Å². The van der Waals surface area contributed by atoms with E-state index in [1.165, 1.54) is 54.1 Å². The van der Waals surface area contributed by atoms with E-state index < -0.39 is 23.2 Å². The van der Waals surface area contributed by atoms with Gasteiger partial charge in [0.25, 0.3) is 5.56 Å². The Balaban J connectivity index is 0.000000190. The second kappa shape index (κ2) is 16.1. The number of hydrogen-bond acceptors (Lipinski definition) is 7.